The molecule has 1 heterocycles. The average Bonchev–Trinajstić information content (AvgIpc) is 2.15. The molecule has 62 valence electrons. The van der Waals surface area contributed by atoms with Crippen molar-refractivity contribution < 1.29 is 0 Å². The van der Waals surface area contributed by atoms with Gasteiger partial charge in [0.05, 0.1) is 0 Å². The monoisotopic (exact) mass is 163 g/mol. The molecule has 0 spiro atoms. The van der Waals surface area contributed by atoms with Gasteiger partial charge in [0, 0.05) is 6.54 Å². The summed E-state index contributed by atoms with van der Waals surface area (Å²) in [7, 11) is 0. The van der Waals surface area contributed by atoms with Gasteiger partial charge < -0.3 is 4.90 Å². The molecule has 0 bridgehead atoms. The Bertz CT molecular complexity index is 77.3. The van der Waals surface area contributed by atoms with Gasteiger partial charge in [0.25, 0.3) is 0 Å². The highest BCUT2D eigenvalue weighted by Gasteiger charge is 2.11. The molecule has 0 unspecified atom stereocenters. The molecule has 0 N–H and O–H groups in total. The third-order valence-corrected chi connectivity index (χ3v) is 1.82. The van der Waals surface area contributed by atoms with Crippen LogP contribution in [0.3, 0.4) is 0 Å². The summed E-state index contributed by atoms with van der Waals surface area (Å²) in [4.78, 5) is 2.56. The Morgan fingerprint density at radius 3 is 2.10 bits per heavy atom. The third-order valence-electron chi connectivity index (χ3n) is 1.82. The fraction of sp³-hybridized carbons (Fsp3) is 1.00. The number of nitrogens with zero attached hydrogens (tertiary/aromatic N) is 1. The van der Waals surface area contributed by atoms with E-state index in [0.29, 0.717) is 0 Å². The number of hydrogen-bond acceptors (Lipinski definition) is 1. The predicted molar refractivity (Wildman–Crippen MR) is 47.8 cm³/mol. The average molecular weight is 164 g/mol. The minimum absolute atomic E-state index is 0. The Labute approximate surface area is 70.2 Å². The van der Waals surface area contributed by atoms with Crippen LogP contribution in [0, 0.1) is 5.92 Å². The maximum Gasteiger partial charge on any atom is 0.000438 e. The van der Waals surface area contributed by atoms with Crippen LogP contribution >= 0.6 is 12.4 Å². The van der Waals surface area contributed by atoms with Gasteiger partial charge >= 0.3 is 0 Å². The second-order valence-electron chi connectivity index (χ2n) is 3.40. The van der Waals surface area contributed by atoms with Gasteiger partial charge in [-0.3, -0.25) is 0 Å². The van der Waals surface area contributed by atoms with Crippen LogP contribution in [0.2, 0.25) is 0 Å². The highest BCUT2D eigenvalue weighted by Crippen LogP contribution is 2.09. The fourth-order valence-corrected chi connectivity index (χ4v) is 1.48. The van der Waals surface area contributed by atoms with Crippen molar-refractivity contribution in [1.82, 2.24) is 4.90 Å². The Morgan fingerprint density at radius 1 is 1.20 bits per heavy atom. The summed E-state index contributed by atoms with van der Waals surface area (Å²) in [6.07, 6.45) is 2.85. The van der Waals surface area contributed by atoms with Crippen LogP contribution < -0.4 is 0 Å². The van der Waals surface area contributed by atoms with E-state index >= 15 is 0 Å². The van der Waals surface area contributed by atoms with Crippen LogP contribution in [0.4, 0.5) is 0 Å². The zero-order valence-corrected chi connectivity index (χ0v) is 7.78. The van der Waals surface area contributed by atoms with E-state index in [1.807, 2.05) is 0 Å². The van der Waals surface area contributed by atoms with Crippen LogP contribution in [0.25, 0.3) is 0 Å². The molecule has 1 aliphatic heterocycles. The summed E-state index contributed by atoms with van der Waals surface area (Å²) in [5.41, 5.74) is 0. The lowest BCUT2D eigenvalue weighted by Crippen LogP contribution is -2.23. The van der Waals surface area contributed by atoms with E-state index in [2.05, 4.69) is 18.7 Å². The standard InChI is InChI=1S/C8H17N.ClH/c1-8(2)7-9-5-3-4-6-9;/h8H,3-7H2,1-2H3;1H. The molecule has 0 amide bonds. The second kappa shape index (κ2) is 4.97. The SMILES string of the molecule is CC(C)CN1CCCC1.Cl. The fourth-order valence-electron chi connectivity index (χ4n) is 1.48. The molecule has 1 nitrogen and oxygen atoms in total. The van der Waals surface area contributed by atoms with Crippen LogP contribution in [-0.4, -0.2) is 24.5 Å². The molecule has 1 aliphatic rings. The first-order chi connectivity index (χ1) is 4.29. The van der Waals surface area contributed by atoms with Gasteiger partial charge in [0.1, 0.15) is 0 Å². The number of halogens is 1. The van der Waals surface area contributed by atoms with Gasteiger partial charge in [-0.2, -0.15) is 0 Å². The van der Waals surface area contributed by atoms with Crippen molar-refractivity contribution in [2.75, 3.05) is 19.6 Å². The molecule has 0 aromatic rings. The van der Waals surface area contributed by atoms with Gasteiger partial charge in [-0.05, 0) is 31.8 Å². The maximum absolute atomic E-state index is 2.56. The van der Waals surface area contributed by atoms with Gasteiger partial charge in [-0.15, -0.1) is 12.4 Å². The van der Waals surface area contributed by atoms with Gasteiger partial charge in [0.2, 0.25) is 0 Å². The van der Waals surface area contributed by atoms with Crippen LogP contribution in [0.1, 0.15) is 26.7 Å². The Hall–Kier alpha value is 0.250. The van der Waals surface area contributed by atoms with Crippen molar-refractivity contribution in [3.8, 4) is 0 Å². The van der Waals surface area contributed by atoms with Crippen molar-refractivity contribution in [3.63, 3.8) is 0 Å². The maximum atomic E-state index is 2.56. The van der Waals surface area contributed by atoms with E-state index in [0.717, 1.165) is 5.92 Å². The van der Waals surface area contributed by atoms with Crippen molar-refractivity contribution in [3.05, 3.63) is 0 Å². The molecule has 10 heavy (non-hydrogen) atoms. The lowest BCUT2D eigenvalue weighted by molar-refractivity contribution is 0.298. The lowest BCUT2D eigenvalue weighted by Gasteiger charge is -2.16. The Morgan fingerprint density at radius 2 is 1.70 bits per heavy atom. The van der Waals surface area contributed by atoms with Crippen molar-refractivity contribution >= 4 is 12.4 Å². The van der Waals surface area contributed by atoms with Crippen LogP contribution in [0.15, 0.2) is 0 Å². The number of likely N-dealkylation sites (tertiary alicyclic amines) is 1. The summed E-state index contributed by atoms with van der Waals surface area (Å²) in [5.74, 6) is 0.850. The molecule has 0 radical (unpaired) electrons. The molecule has 0 aromatic heterocycles. The molecule has 0 atom stereocenters. The van der Waals surface area contributed by atoms with E-state index < -0.39 is 0 Å². The predicted octanol–water partition coefficient (Wildman–Crippen LogP) is 2.16. The van der Waals surface area contributed by atoms with Gasteiger partial charge in [0.15, 0.2) is 0 Å². The topological polar surface area (TPSA) is 3.24 Å². The molecule has 0 saturated carbocycles. The van der Waals surface area contributed by atoms with E-state index in [-0.39, 0.29) is 12.4 Å². The smallest absolute Gasteiger partial charge is 0.000438 e. The molecule has 2 heteroatoms. The number of hydrogen-bond donors (Lipinski definition) is 0. The highest BCUT2D eigenvalue weighted by molar-refractivity contribution is 5.85. The van der Waals surface area contributed by atoms with E-state index in [1.54, 1.807) is 0 Å². The molecule has 1 saturated heterocycles. The van der Waals surface area contributed by atoms with Crippen molar-refractivity contribution in [2.24, 2.45) is 5.92 Å². The quantitative estimate of drug-likeness (QED) is 0.603. The molecule has 0 aliphatic carbocycles. The third kappa shape index (κ3) is 3.43. The first-order valence-corrected chi connectivity index (χ1v) is 4.01. The van der Waals surface area contributed by atoms with E-state index in [9.17, 15) is 0 Å². The second-order valence-corrected chi connectivity index (χ2v) is 3.40. The van der Waals surface area contributed by atoms with Crippen LogP contribution in [-0.2, 0) is 0 Å². The molecule has 1 fully saturated rings. The van der Waals surface area contributed by atoms with Crippen molar-refractivity contribution in [2.45, 2.75) is 26.7 Å². The van der Waals surface area contributed by atoms with E-state index in [1.165, 1.54) is 32.5 Å². The first-order valence-electron chi connectivity index (χ1n) is 4.01. The zero-order chi connectivity index (χ0) is 6.69. The number of rotatable bonds is 2. The molecule has 0 aromatic carbocycles. The summed E-state index contributed by atoms with van der Waals surface area (Å²) in [6.45, 7) is 8.58. The zero-order valence-electron chi connectivity index (χ0n) is 6.97. The normalized spacial score (nSPS) is 19.5. The first kappa shape index (κ1) is 10.2. The van der Waals surface area contributed by atoms with Gasteiger partial charge in [-0.1, -0.05) is 13.8 Å². The molecular formula is C8H18ClN. The van der Waals surface area contributed by atoms with Crippen LogP contribution in [0.5, 0.6) is 0 Å². The summed E-state index contributed by atoms with van der Waals surface area (Å²) in [5, 5.41) is 0. The Kier molecular flexibility index (Phi) is 5.10. The largest absolute Gasteiger partial charge is 0.303 e. The van der Waals surface area contributed by atoms with E-state index in [4.69, 9.17) is 0 Å². The molecular weight excluding hydrogens is 146 g/mol. The highest BCUT2D eigenvalue weighted by atomic mass is 35.5. The van der Waals surface area contributed by atoms with Crippen molar-refractivity contribution in [1.29, 1.82) is 0 Å². The minimum atomic E-state index is 0. The summed E-state index contributed by atoms with van der Waals surface area (Å²) < 4.78 is 0. The summed E-state index contributed by atoms with van der Waals surface area (Å²) in [6, 6.07) is 0. The molecule has 1 rings (SSSR count). The summed E-state index contributed by atoms with van der Waals surface area (Å²) >= 11 is 0. The Balaban J connectivity index is 0.000000810. The lowest BCUT2D eigenvalue weighted by atomic mass is 10.2. The minimum Gasteiger partial charge on any atom is -0.303 e. The van der Waals surface area contributed by atoms with Gasteiger partial charge in [-0.25, -0.2) is 0 Å².